The van der Waals surface area contributed by atoms with Crippen LogP contribution in [0.15, 0.2) is 30.5 Å². The first-order valence-corrected chi connectivity index (χ1v) is 5.66. The fourth-order valence-electron chi connectivity index (χ4n) is 1.74. The van der Waals surface area contributed by atoms with Crippen molar-refractivity contribution in [1.29, 1.82) is 0 Å². The van der Waals surface area contributed by atoms with Crippen molar-refractivity contribution in [1.82, 2.24) is 9.78 Å². The number of hydrogen-bond donors (Lipinski definition) is 2. The predicted molar refractivity (Wildman–Crippen MR) is 67.2 cm³/mol. The third kappa shape index (κ3) is 3.28. The van der Waals surface area contributed by atoms with Crippen LogP contribution >= 0.6 is 0 Å². The maximum absolute atomic E-state index is 12.4. The van der Waals surface area contributed by atoms with Gasteiger partial charge in [0.25, 0.3) is 5.69 Å². The van der Waals surface area contributed by atoms with Gasteiger partial charge in [-0.1, -0.05) is 6.07 Å². The largest absolute Gasteiger partial charge is 0.435 e. The summed E-state index contributed by atoms with van der Waals surface area (Å²) in [5.41, 5.74) is 1.44. The first-order valence-electron chi connectivity index (χ1n) is 5.66. The molecule has 7 nitrogen and oxygen atoms in total. The summed E-state index contributed by atoms with van der Waals surface area (Å²) >= 11 is 0. The van der Waals surface area contributed by atoms with E-state index in [4.69, 9.17) is 5.84 Å². The molecule has 2 rings (SSSR count). The molecule has 10 heteroatoms. The summed E-state index contributed by atoms with van der Waals surface area (Å²) in [4.78, 5) is 10.2. The maximum Gasteiger partial charge on any atom is 0.435 e. The van der Waals surface area contributed by atoms with E-state index >= 15 is 0 Å². The highest BCUT2D eigenvalue weighted by atomic mass is 19.4. The number of nitrogens with one attached hydrogen (secondary N) is 1. The van der Waals surface area contributed by atoms with Crippen molar-refractivity contribution in [3.05, 3.63) is 51.8 Å². The topological polar surface area (TPSA) is 99.0 Å². The Bertz CT molecular complexity index is 668. The molecule has 0 amide bonds. The van der Waals surface area contributed by atoms with Gasteiger partial charge < -0.3 is 5.43 Å². The number of nitrogen functional groups attached to an aromatic ring is 1. The lowest BCUT2D eigenvalue weighted by atomic mass is 10.1. The SMILES string of the molecule is NNc1ccc(Cn2ccc(C(F)(F)F)n2)cc1[N+](=O)[O-]. The number of nitro groups is 1. The van der Waals surface area contributed by atoms with E-state index in [1.165, 1.54) is 18.2 Å². The van der Waals surface area contributed by atoms with Crippen LogP contribution in [0.2, 0.25) is 0 Å². The second-order valence-corrected chi connectivity index (χ2v) is 4.15. The Labute approximate surface area is 116 Å². The van der Waals surface area contributed by atoms with Gasteiger partial charge in [-0.3, -0.25) is 20.6 Å². The molecule has 0 bridgehead atoms. The molecule has 0 fully saturated rings. The van der Waals surface area contributed by atoms with Crippen molar-refractivity contribution >= 4 is 11.4 Å². The van der Waals surface area contributed by atoms with E-state index in [1.54, 1.807) is 0 Å². The van der Waals surface area contributed by atoms with Gasteiger partial charge in [0.2, 0.25) is 0 Å². The first-order chi connectivity index (χ1) is 9.81. The van der Waals surface area contributed by atoms with Gasteiger partial charge in [-0.25, -0.2) is 0 Å². The summed E-state index contributed by atoms with van der Waals surface area (Å²) in [7, 11) is 0. The molecule has 1 aromatic heterocycles. The van der Waals surface area contributed by atoms with E-state index in [-0.39, 0.29) is 17.9 Å². The molecule has 112 valence electrons. The zero-order valence-corrected chi connectivity index (χ0v) is 10.5. The van der Waals surface area contributed by atoms with Crippen molar-refractivity contribution < 1.29 is 18.1 Å². The molecule has 0 saturated carbocycles. The summed E-state index contributed by atoms with van der Waals surface area (Å²) in [6.45, 7) is -0.0260. The van der Waals surface area contributed by atoms with Crippen LogP contribution in [0, 0.1) is 10.1 Å². The molecule has 0 aliphatic rings. The number of benzene rings is 1. The van der Waals surface area contributed by atoms with Crippen molar-refractivity contribution in [3.63, 3.8) is 0 Å². The highest BCUT2D eigenvalue weighted by Crippen LogP contribution is 2.28. The third-order valence-corrected chi connectivity index (χ3v) is 2.69. The van der Waals surface area contributed by atoms with Crippen LogP contribution in [0.5, 0.6) is 0 Å². The molecule has 21 heavy (non-hydrogen) atoms. The molecular formula is C11H10F3N5O2. The Morgan fingerprint density at radius 1 is 1.38 bits per heavy atom. The lowest BCUT2D eigenvalue weighted by molar-refractivity contribution is -0.384. The van der Waals surface area contributed by atoms with Gasteiger partial charge in [-0.2, -0.15) is 18.3 Å². The lowest BCUT2D eigenvalue weighted by Crippen LogP contribution is -2.10. The summed E-state index contributed by atoms with van der Waals surface area (Å²) in [6.07, 6.45) is -3.37. The number of nitrogens with two attached hydrogens (primary N) is 1. The number of nitrogens with zero attached hydrogens (tertiary/aromatic N) is 3. The van der Waals surface area contributed by atoms with Crippen molar-refractivity contribution in [2.45, 2.75) is 12.7 Å². The number of hydrazine groups is 1. The Kier molecular flexibility index (Phi) is 3.80. The summed E-state index contributed by atoms with van der Waals surface area (Å²) in [5.74, 6) is 5.15. The van der Waals surface area contributed by atoms with E-state index in [0.29, 0.717) is 5.56 Å². The standard InChI is InChI=1S/C11H10F3N5O2/c12-11(13,14)10-3-4-18(17-10)6-7-1-2-8(16-15)9(5-7)19(20)21/h1-5,16H,6,15H2. The van der Waals surface area contributed by atoms with Gasteiger partial charge in [0.15, 0.2) is 5.69 Å². The summed E-state index contributed by atoms with van der Waals surface area (Å²) in [6, 6.07) is 4.95. The molecule has 0 aliphatic heterocycles. The minimum Gasteiger partial charge on any atom is -0.318 e. The number of aromatic nitrogens is 2. The van der Waals surface area contributed by atoms with E-state index in [1.807, 2.05) is 0 Å². The second-order valence-electron chi connectivity index (χ2n) is 4.15. The molecule has 0 atom stereocenters. The summed E-state index contributed by atoms with van der Waals surface area (Å²) < 4.78 is 38.3. The number of rotatable bonds is 4. The molecule has 0 unspecified atom stereocenters. The van der Waals surface area contributed by atoms with Crippen LogP contribution in [0.4, 0.5) is 24.5 Å². The fraction of sp³-hybridized carbons (Fsp3) is 0.182. The van der Waals surface area contributed by atoms with Crippen molar-refractivity contribution in [2.24, 2.45) is 5.84 Å². The number of halogens is 3. The molecule has 2 aromatic rings. The van der Waals surface area contributed by atoms with E-state index < -0.39 is 16.8 Å². The molecule has 0 radical (unpaired) electrons. The van der Waals surface area contributed by atoms with Crippen LogP contribution in [0.1, 0.15) is 11.3 Å². The maximum atomic E-state index is 12.4. The van der Waals surface area contributed by atoms with Crippen LogP contribution in [-0.4, -0.2) is 14.7 Å². The quantitative estimate of drug-likeness (QED) is 0.512. The van der Waals surface area contributed by atoms with Crippen LogP contribution in [0.3, 0.4) is 0 Å². The van der Waals surface area contributed by atoms with E-state index in [2.05, 4.69) is 10.5 Å². The lowest BCUT2D eigenvalue weighted by Gasteiger charge is -2.06. The Morgan fingerprint density at radius 3 is 2.62 bits per heavy atom. The van der Waals surface area contributed by atoms with Gasteiger partial charge in [0.1, 0.15) is 5.69 Å². The Hall–Kier alpha value is -2.62. The van der Waals surface area contributed by atoms with Gasteiger partial charge in [0.05, 0.1) is 11.5 Å². The average Bonchev–Trinajstić information content (AvgIpc) is 2.87. The molecule has 1 aromatic carbocycles. The van der Waals surface area contributed by atoms with Gasteiger partial charge in [0, 0.05) is 12.3 Å². The molecule has 0 aliphatic carbocycles. The molecule has 0 saturated heterocycles. The minimum atomic E-state index is -4.52. The van der Waals surface area contributed by atoms with Gasteiger partial charge in [-0.05, 0) is 17.7 Å². The highest BCUT2D eigenvalue weighted by Gasteiger charge is 2.33. The normalized spacial score (nSPS) is 11.4. The van der Waals surface area contributed by atoms with E-state index in [9.17, 15) is 23.3 Å². The number of anilines is 1. The predicted octanol–water partition coefficient (Wildman–Crippen LogP) is 2.14. The Balaban J connectivity index is 2.26. The first kappa shape index (κ1) is 14.8. The highest BCUT2D eigenvalue weighted by molar-refractivity contribution is 5.61. The van der Waals surface area contributed by atoms with Crippen molar-refractivity contribution in [2.75, 3.05) is 5.43 Å². The number of hydrogen-bond acceptors (Lipinski definition) is 5. The molecule has 0 spiro atoms. The van der Waals surface area contributed by atoms with Crippen molar-refractivity contribution in [3.8, 4) is 0 Å². The van der Waals surface area contributed by atoms with Crippen LogP contribution in [-0.2, 0) is 12.7 Å². The van der Waals surface area contributed by atoms with E-state index in [0.717, 1.165) is 16.9 Å². The minimum absolute atomic E-state index is 0.0260. The number of nitro benzene ring substituents is 1. The molecule has 1 heterocycles. The van der Waals surface area contributed by atoms with Gasteiger partial charge in [-0.15, -0.1) is 0 Å². The summed E-state index contributed by atoms with van der Waals surface area (Å²) in [5, 5.41) is 14.2. The van der Waals surface area contributed by atoms with Crippen LogP contribution in [0.25, 0.3) is 0 Å². The average molecular weight is 301 g/mol. The zero-order chi connectivity index (χ0) is 15.6. The molecular weight excluding hydrogens is 291 g/mol. The zero-order valence-electron chi connectivity index (χ0n) is 10.5. The van der Waals surface area contributed by atoms with Crippen LogP contribution < -0.4 is 11.3 Å². The monoisotopic (exact) mass is 301 g/mol. The fourth-order valence-corrected chi connectivity index (χ4v) is 1.74. The molecule has 3 N–H and O–H groups in total. The Morgan fingerprint density at radius 2 is 2.10 bits per heavy atom. The third-order valence-electron chi connectivity index (χ3n) is 2.69. The smallest absolute Gasteiger partial charge is 0.318 e. The number of alkyl halides is 3. The second kappa shape index (κ2) is 5.40. The van der Waals surface area contributed by atoms with Gasteiger partial charge >= 0.3 is 6.18 Å².